The van der Waals surface area contributed by atoms with E-state index >= 15 is 0 Å². The van der Waals surface area contributed by atoms with E-state index in [2.05, 4.69) is 22.9 Å². The molecule has 0 saturated heterocycles. The van der Waals surface area contributed by atoms with Crippen molar-refractivity contribution in [3.8, 4) is 0 Å². The molecule has 0 radical (unpaired) electrons. The smallest absolute Gasteiger partial charge is 0.305 e. The van der Waals surface area contributed by atoms with E-state index in [1.807, 2.05) is 0 Å². The minimum absolute atomic E-state index is 0.0311. The third-order valence-electron chi connectivity index (χ3n) is 3.55. The molecule has 1 aromatic rings. The Balaban J connectivity index is 1.80. The number of methoxy groups -OCH3 is 1. The zero-order chi connectivity index (χ0) is 13.7. The molecule has 0 bridgehead atoms. The van der Waals surface area contributed by atoms with Gasteiger partial charge in [-0.2, -0.15) is 0 Å². The standard InChI is InChI=1S/C15H21NO3/c1-18-15(17)5-3-2-4-14(16)11-6-7-12-9-19-10-13(12)8-11/h6-8,14H,2-5,9-10,16H2,1H3. The Kier molecular flexibility index (Phi) is 4.93. The van der Waals surface area contributed by atoms with Crippen LogP contribution >= 0.6 is 0 Å². The van der Waals surface area contributed by atoms with Crippen LogP contribution in [-0.2, 0) is 27.5 Å². The molecule has 4 heteroatoms. The van der Waals surface area contributed by atoms with Crippen LogP contribution in [0.1, 0.15) is 48.4 Å². The summed E-state index contributed by atoms with van der Waals surface area (Å²) in [7, 11) is 1.42. The minimum atomic E-state index is -0.150. The third kappa shape index (κ3) is 3.78. The number of nitrogens with two attached hydrogens (primary N) is 1. The molecule has 1 aliphatic heterocycles. The van der Waals surface area contributed by atoms with E-state index in [-0.39, 0.29) is 12.0 Å². The van der Waals surface area contributed by atoms with Crippen LogP contribution < -0.4 is 5.73 Å². The molecule has 1 aromatic carbocycles. The van der Waals surface area contributed by atoms with Crippen LogP contribution in [0.2, 0.25) is 0 Å². The molecule has 0 amide bonds. The fourth-order valence-electron chi connectivity index (χ4n) is 2.32. The maximum absolute atomic E-state index is 11.0. The molecule has 0 aromatic heterocycles. The van der Waals surface area contributed by atoms with Crippen molar-refractivity contribution in [1.82, 2.24) is 0 Å². The number of rotatable bonds is 6. The van der Waals surface area contributed by atoms with E-state index in [0.717, 1.165) is 24.8 Å². The van der Waals surface area contributed by atoms with Gasteiger partial charge in [0, 0.05) is 12.5 Å². The molecule has 1 aliphatic rings. The van der Waals surface area contributed by atoms with Crippen LogP contribution in [0, 0.1) is 0 Å². The molecule has 104 valence electrons. The van der Waals surface area contributed by atoms with Gasteiger partial charge in [0.1, 0.15) is 0 Å². The lowest BCUT2D eigenvalue weighted by molar-refractivity contribution is -0.140. The third-order valence-corrected chi connectivity index (χ3v) is 3.55. The van der Waals surface area contributed by atoms with Crippen LogP contribution in [0.4, 0.5) is 0 Å². The number of carbonyl (C=O) groups is 1. The molecule has 1 heterocycles. The summed E-state index contributed by atoms with van der Waals surface area (Å²) in [6.07, 6.45) is 3.12. The van der Waals surface area contributed by atoms with Crippen LogP contribution in [-0.4, -0.2) is 13.1 Å². The number of carbonyl (C=O) groups excluding carboxylic acids is 1. The van der Waals surface area contributed by atoms with Crippen LogP contribution in [0.25, 0.3) is 0 Å². The highest BCUT2D eigenvalue weighted by Gasteiger charge is 2.14. The van der Waals surface area contributed by atoms with Gasteiger partial charge in [0.15, 0.2) is 0 Å². The molecule has 0 spiro atoms. The Morgan fingerprint density at radius 1 is 1.37 bits per heavy atom. The van der Waals surface area contributed by atoms with Gasteiger partial charge in [0.05, 0.1) is 20.3 Å². The first-order valence-electron chi connectivity index (χ1n) is 6.72. The summed E-state index contributed by atoms with van der Waals surface area (Å²) in [5.74, 6) is -0.150. The Hall–Kier alpha value is -1.39. The first kappa shape index (κ1) is 14.0. The lowest BCUT2D eigenvalue weighted by atomic mass is 9.98. The first-order valence-corrected chi connectivity index (χ1v) is 6.72. The summed E-state index contributed by atoms with van der Waals surface area (Å²) >= 11 is 0. The number of ether oxygens (including phenoxy) is 2. The number of hydrogen-bond donors (Lipinski definition) is 1. The molecule has 2 N–H and O–H groups in total. The monoisotopic (exact) mass is 263 g/mol. The van der Waals surface area contributed by atoms with E-state index in [0.29, 0.717) is 19.6 Å². The van der Waals surface area contributed by atoms with Crippen LogP contribution in [0.15, 0.2) is 18.2 Å². The second kappa shape index (κ2) is 6.68. The summed E-state index contributed by atoms with van der Waals surface area (Å²) < 4.78 is 10.0. The first-order chi connectivity index (χ1) is 9.20. The summed E-state index contributed by atoms with van der Waals surface area (Å²) in [4.78, 5) is 11.0. The van der Waals surface area contributed by atoms with Gasteiger partial charge < -0.3 is 15.2 Å². The molecule has 0 aliphatic carbocycles. The lowest BCUT2D eigenvalue weighted by Gasteiger charge is -2.13. The molecular weight excluding hydrogens is 242 g/mol. The Labute approximate surface area is 113 Å². The highest BCUT2D eigenvalue weighted by molar-refractivity contribution is 5.68. The number of unbranched alkanes of at least 4 members (excludes halogenated alkanes) is 1. The van der Waals surface area contributed by atoms with Gasteiger partial charge >= 0.3 is 5.97 Å². The van der Waals surface area contributed by atoms with Gasteiger partial charge in [-0.15, -0.1) is 0 Å². The number of esters is 1. The molecule has 1 unspecified atom stereocenters. The SMILES string of the molecule is COC(=O)CCCCC(N)c1ccc2c(c1)COC2. The van der Waals surface area contributed by atoms with Gasteiger partial charge in [0.25, 0.3) is 0 Å². The van der Waals surface area contributed by atoms with Crippen LogP contribution in [0.5, 0.6) is 0 Å². The fraction of sp³-hybridized carbons (Fsp3) is 0.533. The Morgan fingerprint density at radius 3 is 2.95 bits per heavy atom. The quantitative estimate of drug-likeness (QED) is 0.632. The van der Waals surface area contributed by atoms with Gasteiger partial charge in [-0.05, 0) is 29.5 Å². The Morgan fingerprint density at radius 2 is 2.16 bits per heavy atom. The van der Waals surface area contributed by atoms with Crippen molar-refractivity contribution in [2.45, 2.75) is 44.9 Å². The summed E-state index contributed by atoms with van der Waals surface area (Å²) in [6, 6.07) is 6.36. The predicted octanol–water partition coefficient (Wildman–Crippen LogP) is 2.45. The summed E-state index contributed by atoms with van der Waals surface area (Å²) in [5, 5.41) is 0. The van der Waals surface area contributed by atoms with E-state index in [9.17, 15) is 4.79 Å². The van der Waals surface area contributed by atoms with Crippen molar-refractivity contribution in [2.75, 3.05) is 7.11 Å². The second-order valence-corrected chi connectivity index (χ2v) is 4.95. The zero-order valence-electron chi connectivity index (χ0n) is 11.4. The predicted molar refractivity (Wildman–Crippen MR) is 72.3 cm³/mol. The van der Waals surface area contributed by atoms with Gasteiger partial charge in [0.2, 0.25) is 0 Å². The molecular formula is C15H21NO3. The molecule has 1 atom stereocenters. The average molecular weight is 263 g/mol. The van der Waals surface area contributed by atoms with Crippen molar-refractivity contribution in [3.05, 3.63) is 34.9 Å². The van der Waals surface area contributed by atoms with E-state index < -0.39 is 0 Å². The number of hydrogen-bond acceptors (Lipinski definition) is 4. The number of fused-ring (bicyclic) bond motifs is 1. The van der Waals surface area contributed by atoms with Gasteiger partial charge in [-0.25, -0.2) is 0 Å². The van der Waals surface area contributed by atoms with Crippen molar-refractivity contribution in [1.29, 1.82) is 0 Å². The largest absolute Gasteiger partial charge is 0.469 e. The molecule has 0 fully saturated rings. The van der Waals surface area contributed by atoms with Crippen molar-refractivity contribution in [2.24, 2.45) is 5.73 Å². The topological polar surface area (TPSA) is 61.5 Å². The fourth-order valence-corrected chi connectivity index (χ4v) is 2.32. The normalized spacial score (nSPS) is 15.1. The molecule has 2 rings (SSSR count). The number of benzene rings is 1. The van der Waals surface area contributed by atoms with E-state index in [1.54, 1.807) is 0 Å². The lowest BCUT2D eigenvalue weighted by Crippen LogP contribution is -2.11. The zero-order valence-corrected chi connectivity index (χ0v) is 11.4. The Bertz CT molecular complexity index is 445. The van der Waals surface area contributed by atoms with Gasteiger partial charge in [-0.1, -0.05) is 24.6 Å². The van der Waals surface area contributed by atoms with Crippen molar-refractivity contribution in [3.63, 3.8) is 0 Å². The van der Waals surface area contributed by atoms with Crippen LogP contribution in [0.3, 0.4) is 0 Å². The average Bonchev–Trinajstić information content (AvgIpc) is 2.90. The summed E-state index contributed by atoms with van der Waals surface area (Å²) in [5.41, 5.74) is 9.85. The highest BCUT2D eigenvalue weighted by Crippen LogP contribution is 2.25. The van der Waals surface area contributed by atoms with Crippen molar-refractivity contribution >= 4 is 5.97 Å². The highest BCUT2D eigenvalue weighted by atomic mass is 16.5. The minimum Gasteiger partial charge on any atom is -0.469 e. The van der Waals surface area contributed by atoms with Gasteiger partial charge in [-0.3, -0.25) is 4.79 Å². The maximum atomic E-state index is 11.0. The molecule has 19 heavy (non-hydrogen) atoms. The maximum Gasteiger partial charge on any atom is 0.305 e. The van der Waals surface area contributed by atoms with Crippen molar-refractivity contribution < 1.29 is 14.3 Å². The van der Waals surface area contributed by atoms with E-state index in [1.165, 1.54) is 18.2 Å². The second-order valence-electron chi connectivity index (χ2n) is 4.95. The molecule has 4 nitrogen and oxygen atoms in total. The summed E-state index contributed by atoms with van der Waals surface area (Å²) in [6.45, 7) is 1.40. The van der Waals surface area contributed by atoms with E-state index in [4.69, 9.17) is 10.5 Å². The molecule has 0 saturated carbocycles.